The minimum atomic E-state index is -0.0864. The molecule has 0 radical (unpaired) electrons. The summed E-state index contributed by atoms with van der Waals surface area (Å²) < 4.78 is 11.6. The Morgan fingerprint density at radius 2 is 1.64 bits per heavy atom. The first kappa shape index (κ1) is 25.1. The van der Waals surface area contributed by atoms with Crippen LogP contribution >= 0.6 is 0 Å². The van der Waals surface area contributed by atoms with Crippen LogP contribution in [0.4, 0.5) is 0 Å². The van der Waals surface area contributed by atoms with E-state index in [1.165, 1.54) is 64.2 Å². The minimum Gasteiger partial charge on any atom is -0.353 e. The van der Waals surface area contributed by atoms with Crippen LogP contribution in [0.2, 0.25) is 0 Å². The molecule has 0 bridgehead atoms. The van der Waals surface area contributed by atoms with Gasteiger partial charge < -0.3 is 14.3 Å². The molecule has 0 N–H and O–H groups in total. The van der Waals surface area contributed by atoms with Crippen LogP contribution in [0.3, 0.4) is 0 Å². The van der Waals surface area contributed by atoms with Gasteiger partial charge in [-0.2, -0.15) is 0 Å². The Labute approximate surface area is 174 Å². The summed E-state index contributed by atoms with van der Waals surface area (Å²) in [5.74, 6) is 0. The summed E-state index contributed by atoms with van der Waals surface area (Å²) in [6, 6.07) is 0. The molecule has 1 fully saturated rings. The van der Waals surface area contributed by atoms with Gasteiger partial charge in [0.25, 0.3) is 0 Å². The number of rotatable bonds is 18. The van der Waals surface area contributed by atoms with Gasteiger partial charge in [-0.3, -0.25) is 0 Å². The molecule has 2 atom stereocenters. The highest BCUT2D eigenvalue weighted by Gasteiger charge is 2.19. The summed E-state index contributed by atoms with van der Waals surface area (Å²) in [6.45, 7) is 3.04. The molecular formula is C25H44O3. The number of hydrogen-bond acceptors (Lipinski definition) is 3. The second kappa shape index (κ2) is 19.4. The highest BCUT2D eigenvalue weighted by atomic mass is 16.7. The first-order chi connectivity index (χ1) is 13.9. The maximum atomic E-state index is 10.9. The normalized spacial score (nSPS) is 18.8. The average molecular weight is 393 g/mol. The van der Waals surface area contributed by atoms with Gasteiger partial charge in [-0.25, -0.2) is 0 Å². The molecule has 1 heterocycles. The topological polar surface area (TPSA) is 35.5 Å². The molecule has 0 aromatic carbocycles. The summed E-state index contributed by atoms with van der Waals surface area (Å²) in [6.07, 6.45) is 28.6. The zero-order valence-corrected chi connectivity index (χ0v) is 18.3. The fourth-order valence-electron chi connectivity index (χ4n) is 3.57. The highest BCUT2D eigenvalue weighted by Crippen LogP contribution is 2.19. The van der Waals surface area contributed by atoms with Crippen molar-refractivity contribution >= 4 is 6.29 Å². The van der Waals surface area contributed by atoms with Crippen molar-refractivity contribution in [1.29, 1.82) is 0 Å². The minimum absolute atomic E-state index is 0.0403. The predicted molar refractivity (Wildman–Crippen MR) is 119 cm³/mol. The number of aldehydes is 1. The van der Waals surface area contributed by atoms with Crippen LogP contribution in [0, 0.1) is 0 Å². The molecule has 0 aromatic rings. The quantitative estimate of drug-likeness (QED) is 0.139. The molecule has 3 nitrogen and oxygen atoms in total. The van der Waals surface area contributed by atoms with Crippen LogP contribution in [0.15, 0.2) is 24.3 Å². The Morgan fingerprint density at radius 1 is 0.929 bits per heavy atom. The third-order valence-electron chi connectivity index (χ3n) is 5.32. The van der Waals surface area contributed by atoms with E-state index in [1.54, 1.807) is 0 Å². The number of ether oxygens (including phenoxy) is 2. The molecule has 1 aliphatic rings. The predicted octanol–water partition coefficient (Wildman–Crippen LogP) is 7.30. The molecule has 0 saturated carbocycles. The van der Waals surface area contributed by atoms with E-state index in [0.717, 1.165) is 45.0 Å². The summed E-state index contributed by atoms with van der Waals surface area (Å²) in [7, 11) is 0. The maximum absolute atomic E-state index is 10.9. The van der Waals surface area contributed by atoms with E-state index in [-0.39, 0.29) is 12.4 Å². The number of unbranched alkanes of at least 4 members (excludes halogenated alkanes) is 8. The van der Waals surface area contributed by atoms with Crippen molar-refractivity contribution in [2.45, 2.75) is 122 Å². The van der Waals surface area contributed by atoms with Gasteiger partial charge >= 0.3 is 0 Å². The van der Waals surface area contributed by atoms with Crippen LogP contribution in [0.25, 0.3) is 0 Å². The molecule has 0 spiro atoms. The molecule has 0 aromatic heterocycles. The van der Waals surface area contributed by atoms with Crippen molar-refractivity contribution in [3.8, 4) is 0 Å². The van der Waals surface area contributed by atoms with Crippen LogP contribution in [-0.2, 0) is 14.3 Å². The Balaban J connectivity index is 1.93. The van der Waals surface area contributed by atoms with Gasteiger partial charge in [0.2, 0.25) is 0 Å². The van der Waals surface area contributed by atoms with E-state index in [9.17, 15) is 4.79 Å². The van der Waals surface area contributed by atoms with Gasteiger partial charge in [0, 0.05) is 13.0 Å². The fourth-order valence-corrected chi connectivity index (χ4v) is 3.57. The van der Waals surface area contributed by atoms with Gasteiger partial charge in [0.15, 0.2) is 6.29 Å². The van der Waals surface area contributed by atoms with E-state index in [2.05, 4.69) is 31.2 Å². The number of hydrogen-bond donors (Lipinski definition) is 0. The van der Waals surface area contributed by atoms with Crippen molar-refractivity contribution in [2.75, 3.05) is 6.61 Å². The van der Waals surface area contributed by atoms with Gasteiger partial charge in [-0.1, -0.05) is 69.8 Å². The van der Waals surface area contributed by atoms with Crippen LogP contribution < -0.4 is 0 Å². The second-order valence-corrected chi connectivity index (χ2v) is 7.98. The van der Waals surface area contributed by atoms with E-state index in [4.69, 9.17) is 9.47 Å². The molecule has 1 rings (SSSR count). The zero-order valence-electron chi connectivity index (χ0n) is 18.3. The molecule has 28 heavy (non-hydrogen) atoms. The lowest BCUT2D eigenvalue weighted by atomic mass is 10.1. The molecular weight excluding hydrogens is 348 g/mol. The highest BCUT2D eigenvalue weighted by molar-refractivity contribution is 5.50. The number of carbonyl (C=O) groups is 1. The number of allylic oxidation sites excluding steroid dienone is 4. The Kier molecular flexibility index (Phi) is 17.4. The van der Waals surface area contributed by atoms with Crippen LogP contribution in [-0.4, -0.2) is 25.3 Å². The standard InChI is InChI=1S/C25H44O3/c1-2-3-4-5-6-7-8-9-10-11-12-13-14-15-16-19-24(21-22-26)28-25-20-17-18-23-27-25/h6-7,9-10,22,24-25H,2-5,8,11-21,23H2,1H3/b7-6-,10-9-. The third-order valence-corrected chi connectivity index (χ3v) is 5.32. The Hall–Kier alpha value is -0.930. The fraction of sp³-hybridized carbons (Fsp3) is 0.800. The smallest absolute Gasteiger partial charge is 0.157 e. The molecule has 1 saturated heterocycles. The summed E-state index contributed by atoms with van der Waals surface area (Å²) in [5.41, 5.74) is 0. The lowest BCUT2D eigenvalue weighted by Crippen LogP contribution is -2.28. The monoisotopic (exact) mass is 392 g/mol. The van der Waals surface area contributed by atoms with Crippen LogP contribution in [0.1, 0.15) is 110 Å². The lowest BCUT2D eigenvalue weighted by Gasteiger charge is -2.27. The van der Waals surface area contributed by atoms with Crippen molar-refractivity contribution < 1.29 is 14.3 Å². The van der Waals surface area contributed by atoms with E-state index in [0.29, 0.717) is 6.42 Å². The van der Waals surface area contributed by atoms with E-state index >= 15 is 0 Å². The summed E-state index contributed by atoms with van der Waals surface area (Å²) in [4.78, 5) is 10.9. The van der Waals surface area contributed by atoms with Crippen molar-refractivity contribution in [3.05, 3.63) is 24.3 Å². The average Bonchev–Trinajstić information content (AvgIpc) is 2.71. The van der Waals surface area contributed by atoms with Gasteiger partial charge in [-0.05, 0) is 57.8 Å². The Bertz CT molecular complexity index is 397. The van der Waals surface area contributed by atoms with Crippen LogP contribution in [0.5, 0.6) is 0 Å². The van der Waals surface area contributed by atoms with Gasteiger partial charge in [0.1, 0.15) is 6.29 Å². The van der Waals surface area contributed by atoms with Crippen molar-refractivity contribution in [1.82, 2.24) is 0 Å². The molecule has 0 aliphatic carbocycles. The second-order valence-electron chi connectivity index (χ2n) is 7.98. The third kappa shape index (κ3) is 15.0. The molecule has 2 unspecified atom stereocenters. The largest absolute Gasteiger partial charge is 0.353 e. The SMILES string of the molecule is CCCCC/C=C\C/C=C\CCCCCCCC(CC=O)OC1CCCCO1. The van der Waals surface area contributed by atoms with E-state index in [1.807, 2.05) is 0 Å². The molecule has 1 aliphatic heterocycles. The first-order valence-electron chi connectivity index (χ1n) is 11.9. The summed E-state index contributed by atoms with van der Waals surface area (Å²) in [5, 5.41) is 0. The van der Waals surface area contributed by atoms with E-state index < -0.39 is 0 Å². The Morgan fingerprint density at radius 3 is 2.32 bits per heavy atom. The van der Waals surface area contributed by atoms with Gasteiger partial charge in [0.05, 0.1) is 6.10 Å². The zero-order chi connectivity index (χ0) is 20.1. The maximum Gasteiger partial charge on any atom is 0.157 e. The summed E-state index contributed by atoms with van der Waals surface area (Å²) >= 11 is 0. The molecule has 0 amide bonds. The first-order valence-corrected chi connectivity index (χ1v) is 11.9. The molecule has 3 heteroatoms. The van der Waals surface area contributed by atoms with Gasteiger partial charge in [-0.15, -0.1) is 0 Å². The van der Waals surface area contributed by atoms with Crippen molar-refractivity contribution in [3.63, 3.8) is 0 Å². The molecule has 162 valence electrons. The van der Waals surface area contributed by atoms with Crippen molar-refractivity contribution in [2.24, 2.45) is 0 Å². The number of carbonyl (C=O) groups excluding carboxylic acids is 1. The lowest BCUT2D eigenvalue weighted by molar-refractivity contribution is -0.190.